The summed E-state index contributed by atoms with van der Waals surface area (Å²) in [7, 11) is 0. The van der Waals surface area contributed by atoms with Crippen molar-refractivity contribution in [2.45, 2.75) is 6.54 Å². The highest BCUT2D eigenvalue weighted by Gasteiger charge is 2.02. The number of hydrogen-bond acceptors (Lipinski definition) is 2. The molecule has 0 aliphatic carbocycles. The summed E-state index contributed by atoms with van der Waals surface area (Å²) in [6.07, 6.45) is 0. The first-order valence-corrected chi connectivity index (χ1v) is 5.42. The maximum absolute atomic E-state index is 5.53. The number of furan rings is 1. The lowest BCUT2D eigenvalue weighted by Crippen LogP contribution is -1.92. The number of benzene rings is 1. The van der Waals surface area contributed by atoms with Crippen LogP contribution in [0.2, 0.25) is 0 Å². The Morgan fingerprint density at radius 2 is 1.79 bits per heavy atom. The Bertz CT molecular complexity index is 419. The molecule has 0 radical (unpaired) electrons. The lowest BCUT2D eigenvalue weighted by Gasteiger charge is -1.96. The molecule has 0 saturated heterocycles. The first-order chi connectivity index (χ1) is 6.79. The molecule has 3 heteroatoms. The maximum atomic E-state index is 5.53. The molecule has 2 aromatic rings. The molecule has 0 aliphatic heterocycles. The lowest BCUT2D eigenvalue weighted by molar-refractivity contribution is 0.525. The van der Waals surface area contributed by atoms with Crippen molar-refractivity contribution in [2.24, 2.45) is 5.73 Å². The van der Waals surface area contributed by atoms with E-state index in [4.69, 9.17) is 10.2 Å². The Morgan fingerprint density at radius 3 is 2.36 bits per heavy atom. The summed E-state index contributed by atoms with van der Waals surface area (Å²) in [6, 6.07) is 12.1. The van der Waals surface area contributed by atoms with Gasteiger partial charge in [-0.2, -0.15) is 0 Å². The van der Waals surface area contributed by atoms with E-state index < -0.39 is 0 Å². The van der Waals surface area contributed by atoms with Gasteiger partial charge < -0.3 is 10.2 Å². The Labute approximate surface area is 96.2 Å². The normalized spacial score (nSPS) is 10.4. The van der Waals surface area contributed by atoms with Crippen molar-refractivity contribution in [3.8, 4) is 11.3 Å². The van der Waals surface area contributed by atoms with Gasteiger partial charge in [-0.05, 0) is 46.9 Å². The molecule has 0 bridgehead atoms. The second-order valence-electron chi connectivity index (χ2n) is 2.98. The van der Waals surface area contributed by atoms with E-state index in [2.05, 4.69) is 34.7 Å². The van der Waals surface area contributed by atoms with Gasteiger partial charge in [0.25, 0.3) is 0 Å². The van der Waals surface area contributed by atoms with Crippen LogP contribution in [-0.2, 0) is 6.54 Å². The third kappa shape index (κ3) is 1.99. The third-order valence-electron chi connectivity index (χ3n) is 1.99. The van der Waals surface area contributed by atoms with Crippen LogP contribution in [-0.4, -0.2) is 0 Å². The number of rotatable bonds is 2. The molecule has 2 nitrogen and oxygen atoms in total. The third-order valence-corrected chi connectivity index (χ3v) is 2.71. The summed E-state index contributed by atoms with van der Waals surface area (Å²) in [4.78, 5) is 0. The minimum atomic E-state index is 0.449. The van der Waals surface area contributed by atoms with E-state index in [1.165, 1.54) is 3.57 Å². The van der Waals surface area contributed by atoms with Gasteiger partial charge in [0.15, 0.2) is 0 Å². The largest absolute Gasteiger partial charge is 0.460 e. The highest BCUT2D eigenvalue weighted by molar-refractivity contribution is 14.1. The molecule has 72 valence electrons. The first kappa shape index (κ1) is 9.73. The number of nitrogens with two attached hydrogens (primary N) is 1. The standard InChI is InChI=1S/C11H10INO/c12-9-3-1-8(2-4-9)11-6-5-10(7-13)14-11/h1-6H,7,13H2. The summed E-state index contributed by atoms with van der Waals surface area (Å²) >= 11 is 2.28. The van der Waals surface area contributed by atoms with E-state index in [1.807, 2.05) is 24.3 Å². The molecule has 0 fully saturated rings. The summed E-state index contributed by atoms with van der Waals surface area (Å²) in [5.41, 5.74) is 6.56. The van der Waals surface area contributed by atoms with Crippen molar-refractivity contribution in [1.82, 2.24) is 0 Å². The summed E-state index contributed by atoms with van der Waals surface area (Å²) in [5, 5.41) is 0. The highest BCUT2D eigenvalue weighted by Crippen LogP contribution is 2.22. The zero-order valence-corrected chi connectivity index (χ0v) is 9.69. The van der Waals surface area contributed by atoms with Crippen LogP contribution in [0.4, 0.5) is 0 Å². The van der Waals surface area contributed by atoms with Crippen LogP contribution in [0.5, 0.6) is 0 Å². The van der Waals surface area contributed by atoms with Crippen LogP contribution in [0, 0.1) is 3.57 Å². The lowest BCUT2D eigenvalue weighted by atomic mass is 10.2. The summed E-state index contributed by atoms with van der Waals surface area (Å²) in [6.45, 7) is 0.449. The molecular formula is C11H10INO. The van der Waals surface area contributed by atoms with Gasteiger partial charge in [0.2, 0.25) is 0 Å². The van der Waals surface area contributed by atoms with E-state index in [0.717, 1.165) is 17.1 Å². The predicted molar refractivity (Wildman–Crippen MR) is 64.8 cm³/mol. The van der Waals surface area contributed by atoms with Gasteiger partial charge in [0, 0.05) is 9.13 Å². The van der Waals surface area contributed by atoms with Crippen molar-refractivity contribution in [1.29, 1.82) is 0 Å². The van der Waals surface area contributed by atoms with Gasteiger partial charge in [-0.3, -0.25) is 0 Å². The summed E-state index contributed by atoms with van der Waals surface area (Å²) in [5.74, 6) is 1.69. The van der Waals surface area contributed by atoms with Crippen molar-refractivity contribution in [3.05, 3.63) is 45.7 Å². The molecule has 0 spiro atoms. The molecule has 2 rings (SSSR count). The van der Waals surface area contributed by atoms with Crippen LogP contribution in [0.15, 0.2) is 40.8 Å². The Hall–Kier alpha value is -0.810. The van der Waals surface area contributed by atoms with E-state index in [-0.39, 0.29) is 0 Å². The van der Waals surface area contributed by atoms with Crippen molar-refractivity contribution >= 4 is 22.6 Å². The second-order valence-corrected chi connectivity index (χ2v) is 4.22. The molecule has 1 aromatic carbocycles. The minimum absolute atomic E-state index is 0.449. The fraction of sp³-hybridized carbons (Fsp3) is 0.0909. The van der Waals surface area contributed by atoms with Crippen LogP contribution < -0.4 is 5.73 Å². The van der Waals surface area contributed by atoms with Gasteiger partial charge in [0.1, 0.15) is 11.5 Å². The molecule has 2 N–H and O–H groups in total. The predicted octanol–water partition coefficient (Wildman–Crippen LogP) is 3.01. The van der Waals surface area contributed by atoms with Gasteiger partial charge in [-0.15, -0.1) is 0 Å². The zero-order chi connectivity index (χ0) is 9.97. The molecule has 14 heavy (non-hydrogen) atoms. The Morgan fingerprint density at radius 1 is 1.07 bits per heavy atom. The zero-order valence-electron chi connectivity index (χ0n) is 7.53. The van der Waals surface area contributed by atoms with Crippen LogP contribution in [0.1, 0.15) is 5.76 Å². The van der Waals surface area contributed by atoms with Crippen molar-refractivity contribution in [2.75, 3.05) is 0 Å². The molecule has 0 aliphatic rings. The van der Waals surface area contributed by atoms with E-state index in [1.54, 1.807) is 0 Å². The molecule has 1 heterocycles. The van der Waals surface area contributed by atoms with E-state index >= 15 is 0 Å². The van der Waals surface area contributed by atoms with Crippen LogP contribution in [0.25, 0.3) is 11.3 Å². The average molecular weight is 299 g/mol. The molecule has 0 saturated carbocycles. The molecule has 0 unspecified atom stereocenters. The van der Waals surface area contributed by atoms with Crippen LogP contribution in [0.3, 0.4) is 0 Å². The molecule has 0 atom stereocenters. The maximum Gasteiger partial charge on any atom is 0.134 e. The van der Waals surface area contributed by atoms with Gasteiger partial charge in [-0.1, -0.05) is 12.1 Å². The Balaban J connectivity index is 2.34. The number of halogens is 1. The highest BCUT2D eigenvalue weighted by atomic mass is 127. The minimum Gasteiger partial charge on any atom is -0.460 e. The fourth-order valence-corrected chi connectivity index (χ4v) is 1.62. The SMILES string of the molecule is NCc1ccc(-c2ccc(I)cc2)o1. The molecule has 0 amide bonds. The topological polar surface area (TPSA) is 39.2 Å². The Kier molecular flexibility index (Phi) is 2.88. The van der Waals surface area contributed by atoms with E-state index in [9.17, 15) is 0 Å². The van der Waals surface area contributed by atoms with Crippen LogP contribution >= 0.6 is 22.6 Å². The summed E-state index contributed by atoms with van der Waals surface area (Å²) < 4.78 is 6.75. The van der Waals surface area contributed by atoms with Gasteiger partial charge >= 0.3 is 0 Å². The van der Waals surface area contributed by atoms with E-state index in [0.29, 0.717) is 6.54 Å². The molecular weight excluding hydrogens is 289 g/mol. The smallest absolute Gasteiger partial charge is 0.134 e. The fourth-order valence-electron chi connectivity index (χ4n) is 1.26. The van der Waals surface area contributed by atoms with Crippen molar-refractivity contribution in [3.63, 3.8) is 0 Å². The monoisotopic (exact) mass is 299 g/mol. The first-order valence-electron chi connectivity index (χ1n) is 4.34. The average Bonchev–Trinajstić information content (AvgIpc) is 2.67. The quantitative estimate of drug-likeness (QED) is 0.866. The van der Waals surface area contributed by atoms with Gasteiger partial charge in [-0.25, -0.2) is 0 Å². The second kappa shape index (κ2) is 4.14. The van der Waals surface area contributed by atoms with Gasteiger partial charge in [0.05, 0.1) is 6.54 Å². The van der Waals surface area contributed by atoms with Crippen molar-refractivity contribution < 1.29 is 4.42 Å². The number of hydrogen-bond donors (Lipinski definition) is 1. The molecule has 1 aromatic heterocycles.